The van der Waals surface area contributed by atoms with E-state index in [4.69, 9.17) is 5.26 Å². The van der Waals surface area contributed by atoms with Gasteiger partial charge in [-0.25, -0.2) is 14.4 Å². The number of nitrogens with zero attached hydrogens (tertiary/aromatic N) is 4. The van der Waals surface area contributed by atoms with Crippen molar-refractivity contribution in [2.24, 2.45) is 0 Å². The Kier molecular flexibility index (Phi) is 3.49. The SMILES string of the molecule is CN(Cc1ccccc1F)c1cnc(C#N)cn1. The first-order chi connectivity index (χ1) is 8.70. The lowest BCUT2D eigenvalue weighted by atomic mass is 10.2. The Bertz CT molecular complexity index is 574. The van der Waals surface area contributed by atoms with Crippen molar-refractivity contribution in [2.75, 3.05) is 11.9 Å². The van der Waals surface area contributed by atoms with Crippen LogP contribution in [0.25, 0.3) is 0 Å². The summed E-state index contributed by atoms with van der Waals surface area (Å²) in [5.74, 6) is 0.350. The van der Waals surface area contributed by atoms with E-state index in [0.717, 1.165) is 0 Å². The third-order valence-corrected chi connectivity index (χ3v) is 2.51. The van der Waals surface area contributed by atoms with Gasteiger partial charge >= 0.3 is 0 Å². The van der Waals surface area contributed by atoms with Crippen LogP contribution in [0.3, 0.4) is 0 Å². The van der Waals surface area contributed by atoms with E-state index in [0.29, 0.717) is 17.9 Å². The second-order valence-electron chi connectivity index (χ2n) is 3.82. The number of hydrogen-bond acceptors (Lipinski definition) is 4. The van der Waals surface area contributed by atoms with Gasteiger partial charge in [0.25, 0.3) is 0 Å². The quantitative estimate of drug-likeness (QED) is 0.827. The van der Waals surface area contributed by atoms with Crippen LogP contribution in [0.2, 0.25) is 0 Å². The van der Waals surface area contributed by atoms with E-state index in [1.807, 2.05) is 6.07 Å². The molecular formula is C13H11FN4. The summed E-state index contributed by atoms with van der Waals surface area (Å²) >= 11 is 0. The Labute approximate surface area is 104 Å². The molecule has 0 bridgehead atoms. The van der Waals surface area contributed by atoms with Gasteiger partial charge in [-0.15, -0.1) is 0 Å². The molecule has 1 heterocycles. The zero-order valence-corrected chi connectivity index (χ0v) is 9.84. The number of nitriles is 1. The van der Waals surface area contributed by atoms with E-state index in [9.17, 15) is 4.39 Å². The molecule has 0 amide bonds. The van der Waals surface area contributed by atoms with E-state index in [1.54, 1.807) is 30.1 Å². The van der Waals surface area contributed by atoms with Crippen LogP contribution in [0.5, 0.6) is 0 Å². The minimum Gasteiger partial charge on any atom is -0.354 e. The van der Waals surface area contributed by atoms with Crippen molar-refractivity contribution in [3.63, 3.8) is 0 Å². The molecule has 5 heteroatoms. The van der Waals surface area contributed by atoms with Gasteiger partial charge in [0, 0.05) is 19.2 Å². The molecule has 0 N–H and O–H groups in total. The maximum Gasteiger partial charge on any atom is 0.158 e. The fraction of sp³-hybridized carbons (Fsp3) is 0.154. The maximum absolute atomic E-state index is 13.5. The molecule has 0 saturated carbocycles. The number of anilines is 1. The molecule has 0 radical (unpaired) electrons. The standard InChI is InChI=1S/C13H11FN4/c1-18(9-10-4-2-3-5-12(10)14)13-8-16-11(6-15)7-17-13/h2-5,7-8H,9H2,1H3. The van der Waals surface area contributed by atoms with E-state index < -0.39 is 0 Å². The van der Waals surface area contributed by atoms with Crippen LogP contribution in [0, 0.1) is 17.1 Å². The van der Waals surface area contributed by atoms with Crippen LogP contribution >= 0.6 is 0 Å². The minimum absolute atomic E-state index is 0.244. The Morgan fingerprint density at radius 3 is 2.67 bits per heavy atom. The Morgan fingerprint density at radius 2 is 2.06 bits per heavy atom. The fourth-order valence-electron chi connectivity index (χ4n) is 1.54. The summed E-state index contributed by atoms with van der Waals surface area (Å²) in [6.45, 7) is 0.396. The zero-order chi connectivity index (χ0) is 13.0. The molecule has 0 fully saturated rings. The number of hydrogen-bond donors (Lipinski definition) is 0. The maximum atomic E-state index is 13.5. The minimum atomic E-state index is -0.244. The van der Waals surface area contributed by atoms with Gasteiger partial charge in [-0.1, -0.05) is 18.2 Å². The lowest BCUT2D eigenvalue weighted by molar-refractivity contribution is 0.607. The number of benzene rings is 1. The van der Waals surface area contributed by atoms with Crippen molar-refractivity contribution < 1.29 is 4.39 Å². The first-order valence-corrected chi connectivity index (χ1v) is 5.37. The van der Waals surface area contributed by atoms with Crippen LogP contribution in [0.1, 0.15) is 11.3 Å². The van der Waals surface area contributed by atoms with Gasteiger partial charge in [-0.2, -0.15) is 5.26 Å². The average molecular weight is 242 g/mol. The largest absolute Gasteiger partial charge is 0.354 e. The number of rotatable bonds is 3. The highest BCUT2D eigenvalue weighted by molar-refractivity contribution is 5.37. The number of halogens is 1. The van der Waals surface area contributed by atoms with Gasteiger partial charge in [0.05, 0.1) is 12.4 Å². The predicted octanol–water partition coefficient (Wildman–Crippen LogP) is 2.12. The van der Waals surface area contributed by atoms with Crippen LogP contribution in [0.15, 0.2) is 36.7 Å². The highest BCUT2D eigenvalue weighted by atomic mass is 19.1. The van der Waals surface area contributed by atoms with Crippen molar-refractivity contribution >= 4 is 5.82 Å². The molecule has 0 aliphatic heterocycles. The summed E-state index contributed by atoms with van der Waals surface area (Å²) in [5.41, 5.74) is 0.851. The molecule has 0 unspecified atom stereocenters. The molecule has 90 valence electrons. The van der Waals surface area contributed by atoms with E-state index in [2.05, 4.69) is 9.97 Å². The monoisotopic (exact) mass is 242 g/mol. The molecule has 0 spiro atoms. The summed E-state index contributed by atoms with van der Waals surface area (Å²) in [4.78, 5) is 9.79. The summed E-state index contributed by atoms with van der Waals surface area (Å²) in [6.07, 6.45) is 2.90. The highest BCUT2D eigenvalue weighted by Gasteiger charge is 2.07. The molecule has 4 nitrogen and oxygen atoms in total. The Balaban J connectivity index is 2.15. The number of aromatic nitrogens is 2. The highest BCUT2D eigenvalue weighted by Crippen LogP contribution is 2.13. The summed E-state index contributed by atoms with van der Waals surface area (Å²) in [5, 5.41) is 8.62. The molecular weight excluding hydrogens is 231 g/mol. The molecule has 0 saturated heterocycles. The van der Waals surface area contributed by atoms with Crippen molar-refractivity contribution in [1.29, 1.82) is 5.26 Å². The van der Waals surface area contributed by atoms with Gasteiger partial charge < -0.3 is 4.90 Å². The van der Waals surface area contributed by atoms with Gasteiger partial charge in [0.1, 0.15) is 17.7 Å². The third kappa shape index (κ3) is 2.61. The first kappa shape index (κ1) is 12.0. The van der Waals surface area contributed by atoms with Crippen LogP contribution in [-0.2, 0) is 6.54 Å². The van der Waals surface area contributed by atoms with Gasteiger partial charge in [0.2, 0.25) is 0 Å². The van der Waals surface area contributed by atoms with Crippen LogP contribution in [-0.4, -0.2) is 17.0 Å². The lowest BCUT2D eigenvalue weighted by Gasteiger charge is -2.17. The van der Waals surface area contributed by atoms with Crippen molar-refractivity contribution in [3.8, 4) is 6.07 Å². The molecule has 0 aliphatic carbocycles. The second-order valence-corrected chi connectivity index (χ2v) is 3.82. The molecule has 2 rings (SSSR count). The Morgan fingerprint density at radius 1 is 1.28 bits per heavy atom. The van der Waals surface area contributed by atoms with Crippen LogP contribution in [0.4, 0.5) is 10.2 Å². The molecule has 1 aromatic carbocycles. The first-order valence-electron chi connectivity index (χ1n) is 5.37. The normalized spacial score (nSPS) is 9.83. The smallest absolute Gasteiger partial charge is 0.158 e. The second kappa shape index (κ2) is 5.23. The predicted molar refractivity (Wildman–Crippen MR) is 65.3 cm³/mol. The summed E-state index contributed by atoms with van der Waals surface area (Å²) in [7, 11) is 1.79. The van der Waals surface area contributed by atoms with Crippen LogP contribution < -0.4 is 4.90 Å². The van der Waals surface area contributed by atoms with Crippen molar-refractivity contribution in [3.05, 3.63) is 53.7 Å². The molecule has 2 aromatic rings. The van der Waals surface area contributed by atoms with E-state index in [1.165, 1.54) is 18.5 Å². The van der Waals surface area contributed by atoms with Gasteiger partial charge in [0.15, 0.2) is 5.69 Å². The van der Waals surface area contributed by atoms with Crippen molar-refractivity contribution in [1.82, 2.24) is 9.97 Å². The van der Waals surface area contributed by atoms with Gasteiger partial charge in [-0.3, -0.25) is 0 Å². The zero-order valence-electron chi connectivity index (χ0n) is 9.84. The van der Waals surface area contributed by atoms with Gasteiger partial charge in [-0.05, 0) is 6.07 Å². The fourth-order valence-corrected chi connectivity index (χ4v) is 1.54. The Hall–Kier alpha value is -2.48. The molecule has 0 atom stereocenters. The van der Waals surface area contributed by atoms with Crippen molar-refractivity contribution in [2.45, 2.75) is 6.54 Å². The van der Waals surface area contributed by atoms with E-state index >= 15 is 0 Å². The lowest BCUT2D eigenvalue weighted by Crippen LogP contribution is -2.18. The third-order valence-electron chi connectivity index (χ3n) is 2.51. The average Bonchev–Trinajstić information content (AvgIpc) is 2.41. The summed E-state index contributed by atoms with van der Waals surface area (Å²) in [6, 6.07) is 8.49. The topological polar surface area (TPSA) is 52.8 Å². The molecule has 18 heavy (non-hydrogen) atoms. The molecule has 0 aliphatic rings. The van der Waals surface area contributed by atoms with E-state index in [-0.39, 0.29) is 11.5 Å². The molecule has 1 aromatic heterocycles. The summed E-state index contributed by atoms with van der Waals surface area (Å²) < 4.78 is 13.5.